The highest BCUT2D eigenvalue weighted by Gasteiger charge is 2.17. The van der Waals surface area contributed by atoms with Gasteiger partial charge < -0.3 is 19.0 Å². The van der Waals surface area contributed by atoms with E-state index in [1.165, 1.54) is 15.9 Å². The molecule has 1 aliphatic heterocycles. The first-order chi connectivity index (χ1) is 14.5. The molecule has 0 saturated heterocycles. The standard InChI is InChI=1S/C20H16N4O5S/c1-2-24-13-4-3-10(7-11(13)21-18(26)19(24)27)17(25)23-20-22-12-8-14-15(9-16(12)30-20)29-6-5-28-14/h3-4,7-9H,2,5-6H2,1H3,(H,21,26)(H,22,23,25). The molecule has 3 heterocycles. The molecule has 5 rings (SSSR count). The second-order valence-corrected chi connectivity index (χ2v) is 7.70. The second kappa shape index (κ2) is 6.99. The number of aromatic nitrogens is 3. The van der Waals surface area contributed by atoms with Gasteiger partial charge in [0.15, 0.2) is 16.6 Å². The quantitative estimate of drug-likeness (QED) is 0.488. The van der Waals surface area contributed by atoms with Crippen LogP contribution in [0.4, 0.5) is 5.13 Å². The van der Waals surface area contributed by atoms with Crippen LogP contribution in [0.5, 0.6) is 11.5 Å². The van der Waals surface area contributed by atoms with E-state index >= 15 is 0 Å². The molecule has 2 aromatic carbocycles. The zero-order valence-electron chi connectivity index (χ0n) is 15.9. The van der Waals surface area contributed by atoms with Gasteiger partial charge in [0.25, 0.3) is 5.91 Å². The Morgan fingerprint density at radius 3 is 2.73 bits per heavy atom. The van der Waals surface area contributed by atoms with E-state index in [9.17, 15) is 14.4 Å². The number of carbonyl (C=O) groups is 1. The van der Waals surface area contributed by atoms with Crippen molar-refractivity contribution < 1.29 is 14.3 Å². The van der Waals surface area contributed by atoms with Gasteiger partial charge in [0, 0.05) is 24.2 Å². The van der Waals surface area contributed by atoms with Gasteiger partial charge in [-0.25, -0.2) is 4.98 Å². The van der Waals surface area contributed by atoms with Crippen LogP contribution in [0.2, 0.25) is 0 Å². The number of hydrogen-bond donors (Lipinski definition) is 2. The van der Waals surface area contributed by atoms with Crippen molar-refractivity contribution >= 4 is 43.6 Å². The minimum Gasteiger partial charge on any atom is -0.486 e. The van der Waals surface area contributed by atoms with Crippen molar-refractivity contribution in [3.05, 3.63) is 56.6 Å². The van der Waals surface area contributed by atoms with Gasteiger partial charge >= 0.3 is 11.1 Å². The minimum absolute atomic E-state index is 0.338. The summed E-state index contributed by atoms with van der Waals surface area (Å²) in [6.45, 7) is 3.12. The van der Waals surface area contributed by atoms with E-state index in [1.54, 1.807) is 31.2 Å². The Kier molecular flexibility index (Phi) is 4.28. The predicted molar refractivity (Wildman–Crippen MR) is 113 cm³/mol. The van der Waals surface area contributed by atoms with Crippen molar-refractivity contribution in [1.82, 2.24) is 14.5 Å². The van der Waals surface area contributed by atoms with E-state index < -0.39 is 11.1 Å². The summed E-state index contributed by atoms with van der Waals surface area (Å²) in [6.07, 6.45) is 0. The van der Waals surface area contributed by atoms with Crippen LogP contribution in [0.15, 0.2) is 39.9 Å². The van der Waals surface area contributed by atoms with Gasteiger partial charge in [-0.2, -0.15) is 0 Å². The zero-order valence-corrected chi connectivity index (χ0v) is 16.7. The Balaban J connectivity index is 1.47. The number of anilines is 1. The summed E-state index contributed by atoms with van der Waals surface area (Å²) >= 11 is 1.33. The molecule has 4 aromatic rings. The van der Waals surface area contributed by atoms with Gasteiger partial charge in [-0.05, 0) is 25.1 Å². The number of aromatic amines is 1. The van der Waals surface area contributed by atoms with Gasteiger partial charge in [-0.15, -0.1) is 0 Å². The minimum atomic E-state index is -0.721. The summed E-state index contributed by atoms with van der Waals surface area (Å²) in [6, 6.07) is 8.44. The summed E-state index contributed by atoms with van der Waals surface area (Å²) in [5, 5.41) is 3.22. The molecule has 0 radical (unpaired) electrons. The Morgan fingerprint density at radius 1 is 1.20 bits per heavy atom. The average molecular weight is 424 g/mol. The van der Waals surface area contributed by atoms with E-state index in [4.69, 9.17) is 9.47 Å². The highest BCUT2D eigenvalue weighted by molar-refractivity contribution is 7.22. The van der Waals surface area contributed by atoms with Crippen LogP contribution < -0.4 is 25.9 Å². The zero-order chi connectivity index (χ0) is 20.8. The number of thiazole rings is 1. The third kappa shape index (κ3) is 3.01. The molecule has 10 heteroatoms. The fourth-order valence-corrected chi connectivity index (χ4v) is 4.29. The molecule has 9 nitrogen and oxygen atoms in total. The lowest BCUT2D eigenvalue weighted by Gasteiger charge is -2.17. The average Bonchev–Trinajstić information content (AvgIpc) is 3.13. The van der Waals surface area contributed by atoms with E-state index in [2.05, 4.69) is 15.3 Å². The van der Waals surface area contributed by atoms with Crippen LogP contribution in [0.25, 0.3) is 21.3 Å². The molecular weight excluding hydrogens is 408 g/mol. The SMILES string of the molecule is CCn1c(=O)c(=O)[nH]c2cc(C(=O)Nc3nc4cc5c(cc4s3)OCCO5)ccc21. The molecule has 2 aromatic heterocycles. The van der Waals surface area contributed by atoms with Crippen LogP contribution in [0.1, 0.15) is 17.3 Å². The maximum atomic E-state index is 12.7. The fourth-order valence-electron chi connectivity index (χ4n) is 3.42. The summed E-state index contributed by atoms with van der Waals surface area (Å²) in [5.74, 6) is 0.927. The van der Waals surface area contributed by atoms with Crippen molar-refractivity contribution in [3.63, 3.8) is 0 Å². The van der Waals surface area contributed by atoms with Crippen molar-refractivity contribution in [2.45, 2.75) is 13.5 Å². The first kappa shape index (κ1) is 18.4. The number of nitrogens with zero attached hydrogens (tertiary/aromatic N) is 2. The third-order valence-corrected chi connectivity index (χ3v) is 5.76. The first-order valence-corrected chi connectivity index (χ1v) is 10.1. The van der Waals surface area contributed by atoms with E-state index in [-0.39, 0.29) is 5.91 Å². The van der Waals surface area contributed by atoms with Gasteiger partial charge in [0.2, 0.25) is 0 Å². The Hall–Kier alpha value is -3.66. The molecule has 152 valence electrons. The molecule has 0 bridgehead atoms. The Morgan fingerprint density at radius 2 is 1.97 bits per heavy atom. The molecular formula is C20H16N4O5S. The summed E-state index contributed by atoms with van der Waals surface area (Å²) in [7, 11) is 0. The Bertz CT molecular complexity index is 1390. The molecule has 2 N–H and O–H groups in total. The second-order valence-electron chi connectivity index (χ2n) is 6.67. The third-order valence-electron chi connectivity index (χ3n) is 4.83. The van der Waals surface area contributed by atoms with E-state index in [0.29, 0.717) is 58.5 Å². The number of carbonyl (C=O) groups excluding carboxylic acids is 1. The van der Waals surface area contributed by atoms with E-state index in [0.717, 1.165) is 4.70 Å². The van der Waals surface area contributed by atoms with Crippen molar-refractivity contribution in [2.75, 3.05) is 18.5 Å². The number of benzene rings is 2. The molecule has 0 unspecified atom stereocenters. The van der Waals surface area contributed by atoms with Crippen LogP contribution in [0, 0.1) is 0 Å². The van der Waals surface area contributed by atoms with Crippen LogP contribution in [-0.2, 0) is 6.54 Å². The number of ether oxygens (including phenoxy) is 2. The summed E-state index contributed by atoms with van der Waals surface area (Å²) in [4.78, 5) is 43.6. The summed E-state index contributed by atoms with van der Waals surface area (Å²) in [5.41, 5.74) is 0.678. The lowest BCUT2D eigenvalue weighted by atomic mass is 10.1. The van der Waals surface area contributed by atoms with Crippen molar-refractivity contribution in [3.8, 4) is 11.5 Å². The molecule has 0 fully saturated rings. The van der Waals surface area contributed by atoms with Gasteiger partial charge in [0.1, 0.15) is 13.2 Å². The number of amides is 1. The van der Waals surface area contributed by atoms with E-state index in [1.807, 2.05) is 6.07 Å². The smallest absolute Gasteiger partial charge is 0.316 e. The monoisotopic (exact) mass is 424 g/mol. The number of hydrogen-bond acceptors (Lipinski definition) is 7. The topological polar surface area (TPSA) is 115 Å². The number of aryl methyl sites for hydroxylation is 1. The van der Waals surface area contributed by atoms with Gasteiger partial charge in [0.05, 0.1) is 21.3 Å². The van der Waals surface area contributed by atoms with Crippen LogP contribution in [0.3, 0.4) is 0 Å². The fraction of sp³-hybridized carbons (Fsp3) is 0.200. The molecule has 0 atom stereocenters. The van der Waals surface area contributed by atoms with Crippen molar-refractivity contribution in [2.24, 2.45) is 0 Å². The van der Waals surface area contributed by atoms with Gasteiger partial charge in [-0.3, -0.25) is 19.7 Å². The normalized spacial score (nSPS) is 13.0. The first-order valence-electron chi connectivity index (χ1n) is 9.32. The molecule has 30 heavy (non-hydrogen) atoms. The molecule has 0 saturated carbocycles. The molecule has 1 amide bonds. The number of nitrogens with one attached hydrogen (secondary N) is 2. The highest BCUT2D eigenvalue weighted by atomic mass is 32.1. The summed E-state index contributed by atoms with van der Waals surface area (Å²) < 4.78 is 13.4. The Labute approximate surface area is 172 Å². The number of H-pyrrole nitrogens is 1. The predicted octanol–water partition coefficient (Wildman–Crippen LogP) is 2.34. The molecule has 1 aliphatic rings. The van der Waals surface area contributed by atoms with Crippen LogP contribution >= 0.6 is 11.3 Å². The lowest BCUT2D eigenvalue weighted by Crippen LogP contribution is -2.36. The maximum Gasteiger partial charge on any atom is 0.316 e. The van der Waals surface area contributed by atoms with Gasteiger partial charge in [-0.1, -0.05) is 11.3 Å². The maximum absolute atomic E-state index is 12.7. The lowest BCUT2D eigenvalue weighted by molar-refractivity contribution is 0.102. The molecule has 0 spiro atoms. The molecule has 0 aliphatic carbocycles. The van der Waals surface area contributed by atoms with Crippen LogP contribution in [-0.4, -0.2) is 33.7 Å². The largest absolute Gasteiger partial charge is 0.486 e. The number of rotatable bonds is 3. The highest BCUT2D eigenvalue weighted by Crippen LogP contribution is 2.37. The van der Waals surface area contributed by atoms with Crippen molar-refractivity contribution in [1.29, 1.82) is 0 Å². The number of fused-ring (bicyclic) bond motifs is 3.